The third kappa shape index (κ3) is 6.43. The maximum atomic E-state index is 13.4. The summed E-state index contributed by atoms with van der Waals surface area (Å²) < 4.78 is 34.9. The maximum Gasteiger partial charge on any atom is 0.322 e. The lowest BCUT2D eigenvalue weighted by molar-refractivity contribution is -0.139. The molecule has 0 fully saturated rings. The molecule has 1 aromatic heterocycles. The second-order valence-corrected chi connectivity index (χ2v) is 12.6. The number of nitrogens with one attached hydrogen (secondary N) is 4. The van der Waals surface area contributed by atoms with Crippen molar-refractivity contribution in [3.8, 4) is 5.75 Å². The number of aromatic amines is 1. The van der Waals surface area contributed by atoms with Gasteiger partial charge in [-0.05, 0) is 86.2 Å². The molecule has 12 nitrogen and oxygen atoms in total. The first kappa shape index (κ1) is 30.7. The number of carbonyl (C=O) groups excluding carboxylic acids is 2. The van der Waals surface area contributed by atoms with Crippen molar-refractivity contribution in [1.29, 1.82) is 0 Å². The highest BCUT2D eigenvalue weighted by atomic mass is 32.2. The van der Waals surface area contributed by atoms with Gasteiger partial charge in [0, 0.05) is 12.8 Å². The lowest BCUT2D eigenvalue weighted by Gasteiger charge is -2.26. The number of hydrogen-bond acceptors (Lipinski definition) is 7. The van der Waals surface area contributed by atoms with Crippen molar-refractivity contribution in [2.75, 3.05) is 10.6 Å². The number of rotatable bonds is 10. The number of para-hydroxylation sites is 2. The molecule has 0 saturated heterocycles. The Balaban J connectivity index is 1.23. The van der Waals surface area contributed by atoms with Crippen LogP contribution in [0.3, 0.4) is 0 Å². The number of sulfonamides is 1. The second kappa shape index (κ2) is 12.1. The van der Waals surface area contributed by atoms with Crippen LogP contribution in [0.1, 0.15) is 40.7 Å². The number of amides is 2. The fourth-order valence-electron chi connectivity index (χ4n) is 5.23. The summed E-state index contributed by atoms with van der Waals surface area (Å²) in [6, 6.07) is 12.5. The summed E-state index contributed by atoms with van der Waals surface area (Å²) in [4.78, 5) is 44.8. The molecule has 1 aliphatic heterocycles. The van der Waals surface area contributed by atoms with Crippen LogP contribution in [-0.2, 0) is 30.8 Å². The van der Waals surface area contributed by atoms with Gasteiger partial charge in [0.25, 0.3) is 5.91 Å². The van der Waals surface area contributed by atoms with Crippen molar-refractivity contribution in [3.05, 3.63) is 76.3 Å². The van der Waals surface area contributed by atoms with E-state index in [4.69, 9.17) is 4.74 Å². The standard InChI is InChI=1S/C31H33N5O7S/c1-16-13-17(2)19(4)28(18(16)3)44(41,42)36-24(30(39)40)15-20-9-10-25-23(14-20)32-29(38)26(43-25)11-12-27(37)35-31-33-21-7-5-6-8-22(21)34-31/h5-10,13-14,24,26,36H,11-12,15H2,1-4H3,(H,32,38)(H,39,40)(H2,33,34,35,37)/t24-,26+/m0/s1. The topological polar surface area (TPSA) is 180 Å². The summed E-state index contributed by atoms with van der Waals surface area (Å²) >= 11 is 0. The molecule has 13 heteroatoms. The second-order valence-electron chi connectivity index (χ2n) is 10.9. The van der Waals surface area contributed by atoms with Gasteiger partial charge in [-0.1, -0.05) is 24.3 Å². The van der Waals surface area contributed by atoms with Gasteiger partial charge < -0.3 is 20.1 Å². The molecule has 2 atom stereocenters. The zero-order valence-corrected chi connectivity index (χ0v) is 25.5. The molecule has 230 valence electrons. The number of hydrogen-bond donors (Lipinski definition) is 5. The fourth-order valence-corrected chi connectivity index (χ4v) is 7.03. The van der Waals surface area contributed by atoms with Gasteiger partial charge in [-0.25, -0.2) is 13.4 Å². The number of nitrogens with zero attached hydrogens (tertiary/aromatic N) is 1. The molecule has 2 heterocycles. The zero-order chi connectivity index (χ0) is 31.8. The van der Waals surface area contributed by atoms with Crippen molar-refractivity contribution < 1.29 is 32.6 Å². The van der Waals surface area contributed by atoms with Gasteiger partial charge >= 0.3 is 5.97 Å². The van der Waals surface area contributed by atoms with E-state index in [1.807, 2.05) is 30.3 Å². The number of ether oxygens (including phenoxy) is 1. The van der Waals surface area contributed by atoms with E-state index in [-0.39, 0.29) is 30.1 Å². The summed E-state index contributed by atoms with van der Waals surface area (Å²) in [7, 11) is -4.17. The van der Waals surface area contributed by atoms with Gasteiger partial charge in [-0.15, -0.1) is 0 Å². The molecule has 5 rings (SSSR count). The molecule has 5 N–H and O–H groups in total. The third-order valence-corrected chi connectivity index (χ3v) is 9.49. The molecular weight excluding hydrogens is 586 g/mol. The molecule has 0 saturated carbocycles. The van der Waals surface area contributed by atoms with Crippen LogP contribution in [0.2, 0.25) is 0 Å². The lowest BCUT2D eigenvalue weighted by atomic mass is 10.0. The van der Waals surface area contributed by atoms with E-state index in [1.54, 1.807) is 45.9 Å². The zero-order valence-electron chi connectivity index (χ0n) is 24.6. The molecule has 0 spiro atoms. The Morgan fingerprint density at radius 1 is 1.05 bits per heavy atom. The number of aliphatic carboxylic acids is 1. The average Bonchev–Trinajstić information content (AvgIpc) is 3.36. The van der Waals surface area contributed by atoms with Crippen LogP contribution in [0, 0.1) is 27.7 Å². The molecule has 2 amide bonds. The van der Waals surface area contributed by atoms with Gasteiger partial charge in [0.1, 0.15) is 11.8 Å². The van der Waals surface area contributed by atoms with Crippen LogP contribution in [0.15, 0.2) is 53.4 Å². The predicted octanol–water partition coefficient (Wildman–Crippen LogP) is 3.89. The molecule has 0 bridgehead atoms. The summed E-state index contributed by atoms with van der Waals surface area (Å²) in [6.45, 7) is 7.00. The Morgan fingerprint density at radius 2 is 1.75 bits per heavy atom. The lowest BCUT2D eigenvalue weighted by Crippen LogP contribution is -2.42. The van der Waals surface area contributed by atoms with Gasteiger partial charge in [0.15, 0.2) is 6.10 Å². The van der Waals surface area contributed by atoms with E-state index in [1.165, 1.54) is 0 Å². The van der Waals surface area contributed by atoms with Gasteiger partial charge in [-0.2, -0.15) is 4.72 Å². The van der Waals surface area contributed by atoms with Crippen molar-refractivity contribution >= 4 is 50.5 Å². The predicted molar refractivity (Wildman–Crippen MR) is 164 cm³/mol. The Labute approximate surface area is 254 Å². The van der Waals surface area contributed by atoms with Gasteiger partial charge in [0.2, 0.25) is 21.9 Å². The Bertz CT molecular complexity index is 1840. The van der Waals surface area contributed by atoms with Gasteiger partial charge in [0.05, 0.1) is 21.6 Å². The number of H-pyrrole nitrogens is 1. The minimum absolute atomic E-state index is 0.00238. The van der Waals surface area contributed by atoms with E-state index in [0.717, 1.165) is 16.6 Å². The number of carbonyl (C=O) groups is 3. The first-order chi connectivity index (χ1) is 20.8. The van der Waals surface area contributed by atoms with E-state index in [9.17, 15) is 27.9 Å². The summed E-state index contributed by atoms with van der Waals surface area (Å²) in [5.74, 6) is -1.47. The van der Waals surface area contributed by atoms with E-state index < -0.39 is 34.0 Å². The number of aryl methyl sites for hydroxylation is 2. The molecular formula is C31H33N5O7S. The number of imidazole rings is 1. The minimum atomic E-state index is -4.17. The smallest absolute Gasteiger partial charge is 0.322 e. The minimum Gasteiger partial charge on any atom is -0.480 e. The number of benzene rings is 3. The normalized spacial score (nSPS) is 15.3. The van der Waals surface area contributed by atoms with Crippen molar-refractivity contribution in [2.24, 2.45) is 0 Å². The van der Waals surface area contributed by atoms with Crippen molar-refractivity contribution in [1.82, 2.24) is 14.7 Å². The van der Waals surface area contributed by atoms with E-state index in [0.29, 0.717) is 39.6 Å². The largest absolute Gasteiger partial charge is 0.480 e. The van der Waals surface area contributed by atoms with Crippen LogP contribution >= 0.6 is 0 Å². The molecule has 1 aliphatic rings. The van der Waals surface area contributed by atoms with Crippen LogP contribution in [-0.4, -0.2) is 53.4 Å². The Morgan fingerprint density at radius 3 is 2.43 bits per heavy atom. The molecule has 0 radical (unpaired) electrons. The quantitative estimate of drug-likeness (QED) is 0.177. The van der Waals surface area contributed by atoms with Crippen molar-refractivity contribution in [3.63, 3.8) is 0 Å². The number of carboxylic acids is 1. The van der Waals surface area contributed by atoms with E-state index in [2.05, 4.69) is 25.3 Å². The number of fused-ring (bicyclic) bond motifs is 2. The summed E-state index contributed by atoms with van der Waals surface area (Å²) in [5, 5.41) is 15.3. The highest BCUT2D eigenvalue weighted by Gasteiger charge is 2.31. The van der Waals surface area contributed by atoms with Crippen LogP contribution in [0.25, 0.3) is 11.0 Å². The summed E-state index contributed by atoms with van der Waals surface area (Å²) in [6.07, 6.45) is -0.981. The third-order valence-electron chi connectivity index (χ3n) is 7.75. The van der Waals surface area contributed by atoms with Crippen LogP contribution in [0.4, 0.5) is 11.6 Å². The van der Waals surface area contributed by atoms with Gasteiger partial charge in [-0.3, -0.25) is 19.7 Å². The highest BCUT2D eigenvalue weighted by molar-refractivity contribution is 7.89. The highest BCUT2D eigenvalue weighted by Crippen LogP contribution is 2.32. The number of carboxylic acid groups (broad SMARTS) is 1. The SMILES string of the molecule is Cc1cc(C)c(C)c(S(=O)(=O)N[C@@H](Cc2ccc3c(c2)NC(=O)[C@@H](CCC(=O)Nc2nc4ccccc4[nH]2)O3)C(=O)O)c1C. The molecule has 44 heavy (non-hydrogen) atoms. The monoisotopic (exact) mass is 619 g/mol. The number of aromatic nitrogens is 2. The first-order valence-corrected chi connectivity index (χ1v) is 15.5. The Kier molecular flexibility index (Phi) is 8.44. The maximum absolute atomic E-state index is 13.4. The fraction of sp³-hybridized carbons (Fsp3) is 0.290. The molecule has 0 unspecified atom stereocenters. The Hall–Kier alpha value is -4.75. The van der Waals surface area contributed by atoms with Crippen molar-refractivity contribution in [2.45, 2.75) is 64.0 Å². The summed E-state index contributed by atoms with van der Waals surface area (Å²) in [5.41, 5.74) is 4.98. The molecule has 4 aromatic rings. The van der Waals surface area contributed by atoms with Crippen LogP contribution in [0.5, 0.6) is 5.75 Å². The molecule has 0 aliphatic carbocycles. The molecule has 3 aromatic carbocycles. The van der Waals surface area contributed by atoms with Crippen LogP contribution < -0.4 is 20.1 Å². The first-order valence-electron chi connectivity index (χ1n) is 14.0. The average molecular weight is 620 g/mol. The van der Waals surface area contributed by atoms with E-state index >= 15 is 0 Å². The number of anilines is 2.